The molecule has 0 radical (unpaired) electrons. The van der Waals surface area contributed by atoms with Crippen LogP contribution in [0.1, 0.15) is 5.56 Å². The number of hydrogen-bond donors (Lipinski definition) is 0. The number of amides is 1. The molecule has 0 bridgehead atoms. The second-order valence-corrected chi connectivity index (χ2v) is 6.18. The highest BCUT2D eigenvalue weighted by molar-refractivity contribution is 8.18. The van der Waals surface area contributed by atoms with Crippen molar-refractivity contribution in [3.63, 3.8) is 0 Å². The Labute approximate surface area is 146 Å². The topological polar surface area (TPSA) is 75.8 Å². The van der Waals surface area contributed by atoms with Crippen molar-refractivity contribution >= 4 is 40.3 Å². The van der Waals surface area contributed by atoms with Gasteiger partial charge in [-0.15, -0.1) is 0 Å². The summed E-state index contributed by atoms with van der Waals surface area (Å²) in [5.74, 6) is -0.779. The fourth-order valence-electron chi connectivity index (χ4n) is 2.18. The van der Waals surface area contributed by atoms with Crippen LogP contribution >= 0.6 is 11.8 Å². The van der Waals surface area contributed by atoms with Crippen LogP contribution in [0, 0.1) is 15.9 Å². The first-order chi connectivity index (χ1) is 12.0. The molecule has 0 saturated carbocycles. The number of rotatable bonds is 3. The third kappa shape index (κ3) is 3.58. The van der Waals surface area contributed by atoms with Crippen LogP contribution in [0.4, 0.5) is 15.8 Å². The Bertz CT molecular complexity index is 927. The van der Waals surface area contributed by atoms with Crippen molar-refractivity contribution in [3.8, 4) is 0 Å². The summed E-state index contributed by atoms with van der Waals surface area (Å²) in [5, 5.41) is 11.2. The number of non-ortho nitro benzene ring substituents is 1. The summed E-state index contributed by atoms with van der Waals surface area (Å²) in [5.41, 5.74) is 0.616. The average molecular weight is 357 g/mol. The van der Waals surface area contributed by atoms with E-state index in [1.807, 2.05) is 0 Å². The maximum Gasteiger partial charge on any atom is 0.270 e. The standard InChI is InChI=1S/C17H12FN3O3S/c1-20-16(22)15(10-11-5-4-6-12(9-11)21(23)24)25-17(20)19-14-8-3-2-7-13(14)18/h2-10H,1H3/b15-10+,19-17?. The van der Waals surface area contributed by atoms with Gasteiger partial charge in [-0.05, 0) is 35.5 Å². The molecule has 126 valence electrons. The van der Waals surface area contributed by atoms with Gasteiger partial charge in [0.25, 0.3) is 11.6 Å². The number of carbonyl (C=O) groups is 1. The number of aliphatic imine (C=N–C) groups is 1. The second-order valence-electron chi connectivity index (χ2n) is 5.17. The average Bonchev–Trinajstić information content (AvgIpc) is 2.85. The number of halogens is 1. The molecule has 0 aromatic heterocycles. The lowest BCUT2D eigenvalue weighted by atomic mass is 10.2. The van der Waals surface area contributed by atoms with Crippen LogP contribution in [0.5, 0.6) is 0 Å². The molecule has 0 aliphatic carbocycles. The van der Waals surface area contributed by atoms with E-state index in [9.17, 15) is 19.3 Å². The van der Waals surface area contributed by atoms with Gasteiger partial charge in [0, 0.05) is 19.2 Å². The molecule has 3 rings (SSSR count). The molecule has 0 unspecified atom stereocenters. The summed E-state index contributed by atoms with van der Waals surface area (Å²) in [6.07, 6.45) is 1.56. The molecule has 1 fully saturated rings. The van der Waals surface area contributed by atoms with E-state index in [-0.39, 0.29) is 17.3 Å². The lowest BCUT2D eigenvalue weighted by Crippen LogP contribution is -2.23. The molecule has 1 heterocycles. The summed E-state index contributed by atoms with van der Waals surface area (Å²) in [6, 6.07) is 12.0. The highest BCUT2D eigenvalue weighted by Gasteiger charge is 2.30. The Morgan fingerprint density at radius 3 is 2.72 bits per heavy atom. The van der Waals surface area contributed by atoms with Crippen LogP contribution in [-0.4, -0.2) is 27.9 Å². The minimum absolute atomic E-state index is 0.0570. The molecule has 8 heteroatoms. The Hall–Kier alpha value is -3.00. The van der Waals surface area contributed by atoms with E-state index in [1.165, 1.54) is 29.2 Å². The van der Waals surface area contributed by atoms with Gasteiger partial charge in [-0.2, -0.15) is 0 Å². The molecule has 6 nitrogen and oxygen atoms in total. The Morgan fingerprint density at radius 1 is 1.24 bits per heavy atom. The predicted octanol–water partition coefficient (Wildman–Crippen LogP) is 3.97. The largest absolute Gasteiger partial charge is 0.290 e. The van der Waals surface area contributed by atoms with Gasteiger partial charge in [-0.1, -0.05) is 24.3 Å². The molecule has 1 aliphatic heterocycles. The maximum absolute atomic E-state index is 13.7. The summed E-state index contributed by atoms with van der Waals surface area (Å²) >= 11 is 1.09. The van der Waals surface area contributed by atoms with Crippen molar-refractivity contribution in [2.75, 3.05) is 7.05 Å². The summed E-state index contributed by atoms with van der Waals surface area (Å²) in [6.45, 7) is 0. The number of para-hydroxylation sites is 1. The predicted molar refractivity (Wildman–Crippen MR) is 94.9 cm³/mol. The van der Waals surface area contributed by atoms with Gasteiger partial charge in [0.1, 0.15) is 11.5 Å². The van der Waals surface area contributed by atoms with Gasteiger partial charge >= 0.3 is 0 Å². The van der Waals surface area contributed by atoms with Crippen LogP contribution in [0.25, 0.3) is 6.08 Å². The van der Waals surface area contributed by atoms with Gasteiger partial charge < -0.3 is 0 Å². The lowest BCUT2D eigenvalue weighted by molar-refractivity contribution is -0.384. The zero-order valence-electron chi connectivity index (χ0n) is 13.0. The van der Waals surface area contributed by atoms with E-state index >= 15 is 0 Å². The number of benzene rings is 2. The van der Waals surface area contributed by atoms with Gasteiger partial charge in [-0.25, -0.2) is 9.38 Å². The first-order valence-corrected chi connectivity index (χ1v) is 8.02. The van der Waals surface area contributed by atoms with Crippen LogP contribution in [0.3, 0.4) is 0 Å². The van der Waals surface area contributed by atoms with Crippen molar-refractivity contribution in [1.82, 2.24) is 4.90 Å². The van der Waals surface area contributed by atoms with Crippen molar-refractivity contribution in [2.24, 2.45) is 4.99 Å². The Morgan fingerprint density at radius 2 is 2.00 bits per heavy atom. The molecule has 2 aromatic rings. The van der Waals surface area contributed by atoms with E-state index in [2.05, 4.69) is 4.99 Å². The molecule has 2 aromatic carbocycles. The molecular weight excluding hydrogens is 345 g/mol. The highest BCUT2D eigenvalue weighted by atomic mass is 32.2. The highest BCUT2D eigenvalue weighted by Crippen LogP contribution is 2.33. The quantitative estimate of drug-likeness (QED) is 0.473. The van der Waals surface area contributed by atoms with E-state index in [1.54, 1.807) is 37.4 Å². The van der Waals surface area contributed by atoms with Crippen LogP contribution in [-0.2, 0) is 4.79 Å². The fraction of sp³-hybridized carbons (Fsp3) is 0.0588. The number of hydrogen-bond acceptors (Lipinski definition) is 5. The fourth-order valence-corrected chi connectivity index (χ4v) is 3.16. The number of amidine groups is 1. The third-order valence-corrected chi connectivity index (χ3v) is 4.51. The van der Waals surface area contributed by atoms with Crippen LogP contribution in [0.15, 0.2) is 58.4 Å². The molecule has 25 heavy (non-hydrogen) atoms. The summed E-state index contributed by atoms with van der Waals surface area (Å²) in [4.78, 5) is 28.6. The van der Waals surface area contributed by atoms with E-state index < -0.39 is 10.7 Å². The van der Waals surface area contributed by atoms with Gasteiger partial charge in [0.05, 0.1) is 9.83 Å². The molecule has 0 atom stereocenters. The first kappa shape index (κ1) is 16.8. The molecule has 1 aliphatic rings. The molecule has 0 spiro atoms. The number of likely N-dealkylation sites (N-methyl/N-ethyl adjacent to an activating group) is 1. The second kappa shape index (κ2) is 6.86. The van der Waals surface area contributed by atoms with Crippen LogP contribution < -0.4 is 0 Å². The zero-order chi connectivity index (χ0) is 18.0. The van der Waals surface area contributed by atoms with Crippen molar-refractivity contribution in [2.45, 2.75) is 0 Å². The molecule has 1 amide bonds. The normalized spacial score (nSPS) is 17.5. The smallest absolute Gasteiger partial charge is 0.270 e. The Balaban J connectivity index is 1.92. The summed E-state index contributed by atoms with van der Waals surface area (Å²) in [7, 11) is 1.54. The number of nitro groups is 1. The van der Waals surface area contributed by atoms with Gasteiger partial charge in [0.15, 0.2) is 5.17 Å². The third-order valence-electron chi connectivity index (χ3n) is 3.45. The molecular formula is C17H12FN3O3S. The maximum atomic E-state index is 13.7. The van der Waals surface area contributed by atoms with Crippen molar-refractivity contribution in [1.29, 1.82) is 0 Å². The minimum Gasteiger partial charge on any atom is -0.290 e. The first-order valence-electron chi connectivity index (χ1n) is 7.21. The van der Waals surface area contributed by atoms with E-state index in [4.69, 9.17) is 0 Å². The van der Waals surface area contributed by atoms with Gasteiger partial charge in [-0.3, -0.25) is 19.8 Å². The minimum atomic E-state index is -0.497. The zero-order valence-corrected chi connectivity index (χ0v) is 13.9. The van der Waals surface area contributed by atoms with Crippen molar-refractivity contribution in [3.05, 3.63) is 74.9 Å². The van der Waals surface area contributed by atoms with E-state index in [0.29, 0.717) is 15.6 Å². The number of thioether (sulfide) groups is 1. The van der Waals surface area contributed by atoms with Crippen molar-refractivity contribution < 1.29 is 14.1 Å². The van der Waals surface area contributed by atoms with Gasteiger partial charge in [0.2, 0.25) is 0 Å². The molecule has 1 saturated heterocycles. The van der Waals surface area contributed by atoms with E-state index in [0.717, 1.165) is 11.8 Å². The monoisotopic (exact) mass is 357 g/mol. The van der Waals surface area contributed by atoms with Crippen LogP contribution in [0.2, 0.25) is 0 Å². The number of nitro benzene ring substituents is 1. The Kier molecular flexibility index (Phi) is 4.62. The molecule has 0 N–H and O–H groups in total. The lowest BCUT2D eigenvalue weighted by Gasteiger charge is -2.07. The number of nitrogens with zero attached hydrogens (tertiary/aromatic N) is 3. The SMILES string of the molecule is CN1C(=O)/C(=C\c2cccc([N+](=O)[O-])c2)SC1=Nc1ccccc1F. The summed E-state index contributed by atoms with van der Waals surface area (Å²) < 4.78 is 13.7. The number of carbonyl (C=O) groups excluding carboxylic acids is 1.